The molecule has 0 aliphatic carbocycles. The van der Waals surface area contributed by atoms with Crippen LogP contribution in [0, 0.1) is 0 Å². The van der Waals surface area contributed by atoms with Gasteiger partial charge in [0.25, 0.3) is 0 Å². The molecule has 2 N–H and O–H groups in total. The zero-order chi connectivity index (χ0) is 19.4. The van der Waals surface area contributed by atoms with Crippen LogP contribution in [-0.2, 0) is 10.0 Å². The summed E-state index contributed by atoms with van der Waals surface area (Å²) in [5.41, 5.74) is 0.140. The molecule has 1 saturated heterocycles. The second-order valence-electron chi connectivity index (χ2n) is 6.27. The molecule has 144 valence electrons. The van der Waals surface area contributed by atoms with Crippen molar-refractivity contribution in [3.63, 3.8) is 0 Å². The molecule has 0 unspecified atom stereocenters. The lowest BCUT2D eigenvalue weighted by molar-refractivity contribution is 0.0696. The van der Waals surface area contributed by atoms with Crippen molar-refractivity contribution in [2.45, 2.75) is 23.8 Å². The summed E-state index contributed by atoms with van der Waals surface area (Å²) in [6, 6.07) is 9.29. The second kappa shape index (κ2) is 7.93. The van der Waals surface area contributed by atoms with Crippen LogP contribution in [0.5, 0.6) is 5.75 Å². The van der Waals surface area contributed by atoms with E-state index in [0.29, 0.717) is 37.5 Å². The summed E-state index contributed by atoms with van der Waals surface area (Å²) >= 11 is 0. The molecule has 2 heterocycles. The minimum absolute atomic E-state index is 0.140. The van der Waals surface area contributed by atoms with Crippen molar-refractivity contribution in [2.75, 3.05) is 25.1 Å². The van der Waals surface area contributed by atoms with Crippen molar-refractivity contribution in [1.29, 1.82) is 0 Å². The minimum atomic E-state index is -3.59. The van der Waals surface area contributed by atoms with Crippen LogP contribution in [-0.4, -0.2) is 50.7 Å². The fourth-order valence-corrected chi connectivity index (χ4v) is 4.27. The first-order valence-corrected chi connectivity index (χ1v) is 9.98. The summed E-state index contributed by atoms with van der Waals surface area (Å²) in [5.74, 6) is 0.279. The lowest BCUT2D eigenvalue weighted by Crippen LogP contribution is -2.44. The highest BCUT2D eigenvalue weighted by Gasteiger charge is 2.25. The molecule has 1 aromatic heterocycles. The summed E-state index contributed by atoms with van der Waals surface area (Å²) in [4.78, 5) is 17.3. The van der Waals surface area contributed by atoms with Gasteiger partial charge in [0.15, 0.2) is 0 Å². The molecular weight excluding hydrogens is 370 g/mol. The topological polar surface area (TPSA) is 109 Å². The number of nitrogens with zero attached hydrogens (tertiary/aromatic N) is 2. The first-order chi connectivity index (χ1) is 12.9. The van der Waals surface area contributed by atoms with Crippen LogP contribution in [0.2, 0.25) is 0 Å². The third-order valence-electron chi connectivity index (χ3n) is 4.51. The van der Waals surface area contributed by atoms with Gasteiger partial charge in [-0.05, 0) is 49.2 Å². The standard InChI is InChI=1S/C18H21N3O5S/c1-26-15-3-5-16(6-4-15)27(24,25)20-14-8-10-21(11-9-14)17-7-2-13(12-19-17)18(22)23/h2-7,12,14,20H,8-11H2,1H3,(H,22,23). The number of carboxylic acids is 1. The van der Waals surface area contributed by atoms with Crippen LogP contribution < -0.4 is 14.4 Å². The summed E-state index contributed by atoms with van der Waals surface area (Å²) in [6.07, 6.45) is 2.60. The first kappa shape index (κ1) is 19.1. The zero-order valence-electron chi connectivity index (χ0n) is 14.8. The Morgan fingerprint density at radius 1 is 1.19 bits per heavy atom. The van der Waals surface area contributed by atoms with Crippen molar-refractivity contribution in [1.82, 2.24) is 9.71 Å². The lowest BCUT2D eigenvalue weighted by atomic mass is 10.1. The van der Waals surface area contributed by atoms with Gasteiger partial charge in [-0.15, -0.1) is 0 Å². The number of nitrogens with one attached hydrogen (secondary N) is 1. The maximum atomic E-state index is 12.5. The molecule has 0 amide bonds. The number of benzene rings is 1. The van der Waals surface area contributed by atoms with Gasteiger partial charge < -0.3 is 14.7 Å². The van der Waals surface area contributed by atoms with Gasteiger partial charge in [-0.2, -0.15) is 0 Å². The maximum Gasteiger partial charge on any atom is 0.337 e. The highest BCUT2D eigenvalue weighted by Crippen LogP contribution is 2.21. The van der Waals surface area contributed by atoms with Gasteiger partial charge in [0, 0.05) is 25.3 Å². The Labute approximate surface area is 157 Å². The molecule has 2 aromatic rings. The molecule has 0 saturated carbocycles. The van der Waals surface area contributed by atoms with Crippen LogP contribution in [0.1, 0.15) is 23.2 Å². The molecule has 9 heteroatoms. The number of ether oxygens (including phenoxy) is 1. The van der Waals surface area contributed by atoms with E-state index in [2.05, 4.69) is 9.71 Å². The number of anilines is 1. The number of carbonyl (C=O) groups is 1. The fraction of sp³-hybridized carbons (Fsp3) is 0.333. The molecule has 8 nitrogen and oxygen atoms in total. The monoisotopic (exact) mass is 391 g/mol. The van der Waals surface area contributed by atoms with E-state index in [-0.39, 0.29) is 16.5 Å². The average molecular weight is 391 g/mol. The maximum absolute atomic E-state index is 12.5. The zero-order valence-corrected chi connectivity index (χ0v) is 15.6. The van der Waals surface area contributed by atoms with Crippen molar-refractivity contribution >= 4 is 21.8 Å². The van der Waals surface area contributed by atoms with Gasteiger partial charge in [-0.1, -0.05) is 0 Å². The number of hydrogen-bond donors (Lipinski definition) is 2. The number of aromatic nitrogens is 1. The van der Waals surface area contributed by atoms with E-state index < -0.39 is 16.0 Å². The molecule has 27 heavy (non-hydrogen) atoms. The van der Waals surface area contributed by atoms with Gasteiger partial charge in [0.2, 0.25) is 10.0 Å². The lowest BCUT2D eigenvalue weighted by Gasteiger charge is -2.33. The number of hydrogen-bond acceptors (Lipinski definition) is 6. The molecule has 0 bridgehead atoms. The summed E-state index contributed by atoms with van der Waals surface area (Å²) in [6.45, 7) is 1.27. The number of carboxylic acid groups (broad SMARTS) is 1. The minimum Gasteiger partial charge on any atom is -0.497 e. The Hall–Kier alpha value is -2.65. The van der Waals surface area contributed by atoms with Crippen LogP contribution in [0.4, 0.5) is 5.82 Å². The number of piperidine rings is 1. The highest BCUT2D eigenvalue weighted by molar-refractivity contribution is 7.89. The molecule has 3 rings (SSSR count). The van der Waals surface area contributed by atoms with Crippen LogP contribution in [0.3, 0.4) is 0 Å². The normalized spacial score (nSPS) is 15.5. The number of sulfonamides is 1. The number of aromatic carboxylic acids is 1. The Bertz CT molecular complexity index is 890. The van der Waals surface area contributed by atoms with E-state index in [0.717, 1.165) is 0 Å². The smallest absolute Gasteiger partial charge is 0.337 e. The Kier molecular flexibility index (Phi) is 5.62. The van der Waals surface area contributed by atoms with Crippen LogP contribution in [0.15, 0.2) is 47.5 Å². The van der Waals surface area contributed by atoms with E-state index in [1.807, 2.05) is 4.90 Å². The first-order valence-electron chi connectivity index (χ1n) is 8.50. The van der Waals surface area contributed by atoms with Gasteiger partial charge in [-0.3, -0.25) is 0 Å². The second-order valence-corrected chi connectivity index (χ2v) is 7.98. The Balaban J connectivity index is 1.59. The van der Waals surface area contributed by atoms with E-state index in [9.17, 15) is 13.2 Å². The summed E-state index contributed by atoms with van der Waals surface area (Å²) in [7, 11) is -2.06. The van der Waals surface area contributed by atoms with E-state index in [1.165, 1.54) is 31.5 Å². The van der Waals surface area contributed by atoms with E-state index >= 15 is 0 Å². The number of methoxy groups -OCH3 is 1. The van der Waals surface area contributed by atoms with Crippen molar-refractivity contribution in [3.8, 4) is 5.75 Å². The quantitative estimate of drug-likeness (QED) is 0.772. The highest BCUT2D eigenvalue weighted by atomic mass is 32.2. The third-order valence-corrected chi connectivity index (χ3v) is 6.04. The Morgan fingerprint density at radius 3 is 2.37 bits per heavy atom. The summed E-state index contributed by atoms with van der Waals surface area (Å²) in [5, 5.41) is 8.93. The molecule has 1 fully saturated rings. The van der Waals surface area contributed by atoms with Crippen LogP contribution >= 0.6 is 0 Å². The van der Waals surface area contributed by atoms with Crippen molar-refractivity contribution in [2.24, 2.45) is 0 Å². The van der Waals surface area contributed by atoms with E-state index in [4.69, 9.17) is 9.84 Å². The Morgan fingerprint density at radius 2 is 1.85 bits per heavy atom. The number of pyridine rings is 1. The predicted octanol–water partition coefficient (Wildman–Crippen LogP) is 1.74. The van der Waals surface area contributed by atoms with Gasteiger partial charge in [0.05, 0.1) is 17.6 Å². The fourth-order valence-electron chi connectivity index (χ4n) is 2.97. The molecule has 1 aliphatic rings. The van der Waals surface area contributed by atoms with Crippen molar-refractivity contribution < 1.29 is 23.1 Å². The van der Waals surface area contributed by atoms with Gasteiger partial charge in [-0.25, -0.2) is 22.9 Å². The average Bonchev–Trinajstić information content (AvgIpc) is 2.68. The van der Waals surface area contributed by atoms with Gasteiger partial charge in [0.1, 0.15) is 11.6 Å². The molecule has 1 aliphatic heterocycles. The number of rotatable bonds is 6. The molecule has 0 atom stereocenters. The predicted molar refractivity (Wildman–Crippen MR) is 99.7 cm³/mol. The van der Waals surface area contributed by atoms with Gasteiger partial charge >= 0.3 is 5.97 Å². The molecule has 1 aromatic carbocycles. The SMILES string of the molecule is COc1ccc(S(=O)(=O)NC2CCN(c3ccc(C(=O)O)cn3)CC2)cc1. The molecule has 0 radical (unpaired) electrons. The molecule has 0 spiro atoms. The van der Waals surface area contributed by atoms with Crippen LogP contribution in [0.25, 0.3) is 0 Å². The third kappa shape index (κ3) is 4.55. The largest absolute Gasteiger partial charge is 0.497 e. The van der Waals surface area contributed by atoms with Crippen molar-refractivity contribution in [3.05, 3.63) is 48.2 Å². The summed E-state index contributed by atoms with van der Waals surface area (Å²) < 4.78 is 32.8. The molecular formula is C18H21N3O5S. The van der Waals surface area contributed by atoms with E-state index in [1.54, 1.807) is 18.2 Å².